The van der Waals surface area contributed by atoms with Crippen LogP contribution in [0.3, 0.4) is 0 Å². The van der Waals surface area contributed by atoms with Crippen LogP contribution in [0.4, 0.5) is 0 Å². The van der Waals surface area contributed by atoms with E-state index in [1.807, 2.05) is 6.92 Å². The zero-order valence-corrected chi connectivity index (χ0v) is 31.0. The van der Waals surface area contributed by atoms with Crippen molar-refractivity contribution in [1.82, 2.24) is 4.90 Å². The fourth-order valence-electron chi connectivity index (χ4n) is 7.70. The van der Waals surface area contributed by atoms with E-state index in [-0.39, 0.29) is 18.7 Å². The van der Waals surface area contributed by atoms with Gasteiger partial charge < -0.3 is 49.7 Å². The summed E-state index contributed by atoms with van der Waals surface area (Å²) in [4.78, 5) is 28.0. The lowest BCUT2D eigenvalue weighted by Crippen LogP contribution is -2.61. The smallest absolute Gasteiger partial charge is 0.311 e. The summed E-state index contributed by atoms with van der Waals surface area (Å²) in [5.74, 6) is -4.48. The minimum Gasteiger partial charge on any atom is -0.459 e. The van der Waals surface area contributed by atoms with Gasteiger partial charge in [-0.2, -0.15) is 0 Å². The van der Waals surface area contributed by atoms with Crippen LogP contribution in [0.2, 0.25) is 0 Å². The van der Waals surface area contributed by atoms with Crippen LogP contribution in [0.15, 0.2) is 0 Å². The highest BCUT2D eigenvalue weighted by Gasteiger charge is 2.51. The lowest BCUT2D eigenvalue weighted by molar-refractivity contribution is -0.299. The molecule has 0 saturated carbocycles. The highest BCUT2D eigenvalue weighted by Crippen LogP contribution is 2.38. The standard InChI is InChI=1S/C36H67NO11/c1-11-13-14-15-16-17-27(38)37(10)25-18-21(4)46-34(30(25)41)48-32-23(6)29(40)24(7)33(43)47-26(12-2)36(9,45)31(42)22(5)28(39)20(3)19-35(32,8)44/h20-26,28-32,34,39-42,44-45H,11-19H2,1-10H3/t20-,21-,22+,23+,24-,25+,26-,28+,29+,30-,31-,32-,34+,35?,36-/m1/s1. The van der Waals surface area contributed by atoms with Gasteiger partial charge in [0.25, 0.3) is 0 Å². The zero-order chi connectivity index (χ0) is 36.7. The van der Waals surface area contributed by atoms with Gasteiger partial charge in [0.05, 0.1) is 48.1 Å². The van der Waals surface area contributed by atoms with Crippen molar-refractivity contribution < 1.29 is 54.4 Å². The van der Waals surface area contributed by atoms with E-state index in [1.54, 1.807) is 39.6 Å². The van der Waals surface area contributed by atoms with Crippen molar-refractivity contribution in [3.05, 3.63) is 0 Å². The predicted molar refractivity (Wildman–Crippen MR) is 180 cm³/mol. The van der Waals surface area contributed by atoms with E-state index in [4.69, 9.17) is 14.2 Å². The number of unbranched alkanes of at least 4 members (excludes halogenated alkanes) is 4. The Bertz CT molecular complexity index is 1010. The van der Waals surface area contributed by atoms with Crippen molar-refractivity contribution in [2.24, 2.45) is 23.7 Å². The number of amides is 1. The molecule has 0 aromatic carbocycles. The molecule has 2 saturated heterocycles. The number of aliphatic hydroxyl groups excluding tert-OH is 4. The van der Waals surface area contributed by atoms with Gasteiger partial charge in [-0.25, -0.2) is 0 Å². The molecule has 6 N–H and O–H groups in total. The summed E-state index contributed by atoms with van der Waals surface area (Å²) in [6.07, 6.45) is -3.59. The average molecular weight is 690 g/mol. The van der Waals surface area contributed by atoms with Gasteiger partial charge in [0.1, 0.15) is 17.8 Å². The van der Waals surface area contributed by atoms with Crippen molar-refractivity contribution in [3.8, 4) is 0 Å². The Balaban J connectivity index is 2.43. The first-order valence-electron chi connectivity index (χ1n) is 18.2. The van der Waals surface area contributed by atoms with Crippen LogP contribution in [0.1, 0.15) is 120 Å². The molecular formula is C36H67NO11. The molecule has 0 bridgehead atoms. The monoisotopic (exact) mass is 689 g/mol. The maximum absolute atomic E-state index is 13.3. The van der Waals surface area contributed by atoms with Crippen LogP contribution in [-0.4, -0.2) is 121 Å². The van der Waals surface area contributed by atoms with Crippen molar-refractivity contribution in [2.75, 3.05) is 7.05 Å². The number of ether oxygens (including phenoxy) is 3. The largest absolute Gasteiger partial charge is 0.459 e. The number of aliphatic hydroxyl groups is 6. The molecule has 2 aliphatic rings. The second-order valence-corrected chi connectivity index (χ2v) is 15.4. The second kappa shape index (κ2) is 18.2. The van der Waals surface area contributed by atoms with E-state index in [1.165, 1.54) is 20.8 Å². The Labute approximate surface area is 288 Å². The first-order valence-corrected chi connectivity index (χ1v) is 18.2. The number of hydrogen-bond donors (Lipinski definition) is 6. The Morgan fingerprint density at radius 2 is 1.52 bits per heavy atom. The fraction of sp³-hybridized carbons (Fsp3) is 0.944. The summed E-state index contributed by atoms with van der Waals surface area (Å²) in [5, 5.41) is 68.9. The fourth-order valence-corrected chi connectivity index (χ4v) is 7.70. The number of carbonyl (C=O) groups excluding carboxylic acids is 2. The highest BCUT2D eigenvalue weighted by atomic mass is 16.7. The van der Waals surface area contributed by atoms with E-state index < -0.39 is 95.9 Å². The number of nitrogens with zero attached hydrogens (tertiary/aromatic N) is 1. The Hall–Kier alpha value is -1.38. The molecule has 2 rings (SSSR count). The second-order valence-electron chi connectivity index (χ2n) is 15.4. The van der Waals surface area contributed by atoms with Crippen LogP contribution >= 0.6 is 0 Å². The maximum Gasteiger partial charge on any atom is 0.311 e. The SMILES string of the molecule is CCCCCCCC(=O)N(C)[C@H]1C[C@@H](C)O[C@@H](O[C@@H]2[C@@H](C)[C@H](O)[C@@H](C)C(=O)O[C@H](CC)[C@@](C)(O)[C@H](O)[C@@H](C)[C@@H](O)[C@H](C)CC2(C)O)[C@@H]1O. The Morgan fingerprint density at radius 3 is 2.10 bits per heavy atom. The molecule has 0 aliphatic carbocycles. The Kier molecular flexibility index (Phi) is 16.2. The molecule has 282 valence electrons. The Morgan fingerprint density at radius 1 is 0.917 bits per heavy atom. The first-order chi connectivity index (χ1) is 22.2. The minimum absolute atomic E-state index is 0.0661. The van der Waals surface area contributed by atoms with Gasteiger partial charge in [0, 0.05) is 25.3 Å². The third-order valence-corrected chi connectivity index (χ3v) is 11.0. The third-order valence-electron chi connectivity index (χ3n) is 11.0. The summed E-state index contributed by atoms with van der Waals surface area (Å²) in [7, 11) is 1.66. The molecule has 0 radical (unpaired) electrons. The van der Waals surface area contributed by atoms with Crippen molar-refractivity contribution in [2.45, 2.75) is 186 Å². The molecule has 0 aromatic rings. The molecule has 0 aromatic heterocycles. The molecule has 2 heterocycles. The normalized spacial score (nSPS) is 43.7. The molecule has 0 spiro atoms. The van der Waals surface area contributed by atoms with Crippen molar-refractivity contribution in [3.63, 3.8) is 0 Å². The molecule has 15 atom stereocenters. The quantitative estimate of drug-likeness (QED) is 0.146. The molecule has 2 aliphatic heterocycles. The number of cyclic esters (lactones) is 1. The zero-order valence-electron chi connectivity index (χ0n) is 31.0. The van der Waals surface area contributed by atoms with Crippen LogP contribution in [0.25, 0.3) is 0 Å². The molecule has 1 amide bonds. The number of hydrogen-bond acceptors (Lipinski definition) is 11. The summed E-state index contributed by atoms with van der Waals surface area (Å²) < 4.78 is 18.1. The molecule has 48 heavy (non-hydrogen) atoms. The van der Waals surface area contributed by atoms with Gasteiger partial charge in [-0.1, -0.05) is 60.3 Å². The number of esters is 1. The highest BCUT2D eigenvalue weighted by molar-refractivity contribution is 5.76. The summed E-state index contributed by atoms with van der Waals surface area (Å²) in [6.45, 7) is 14.9. The van der Waals surface area contributed by atoms with E-state index in [0.717, 1.165) is 32.1 Å². The van der Waals surface area contributed by atoms with Crippen LogP contribution in [-0.2, 0) is 23.8 Å². The predicted octanol–water partition coefficient (Wildman–Crippen LogP) is 2.91. The lowest BCUT2D eigenvalue weighted by Gasteiger charge is -2.48. The van der Waals surface area contributed by atoms with Crippen molar-refractivity contribution >= 4 is 11.9 Å². The van der Waals surface area contributed by atoms with Gasteiger partial charge in [-0.05, 0) is 59.3 Å². The third kappa shape index (κ3) is 10.3. The van der Waals surface area contributed by atoms with Gasteiger partial charge in [-0.3, -0.25) is 9.59 Å². The van der Waals surface area contributed by atoms with Crippen molar-refractivity contribution in [1.29, 1.82) is 0 Å². The molecule has 2 fully saturated rings. The number of rotatable bonds is 10. The van der Waals surface area contributed by atoms with E-state index in [2.05, 4.69) is 6.92 Å². The molecule has 12 nitrogen and oxygen atoms in total. The number of carbonyl (C=O) groups is 2. The topological polar surface area (TPSA) is 186 Å². The van der Waals surface area contributed by atoms with E-state index >= 15 is 0 Å². The molecular weight excluding hydrogens is 622 g/mol. The van der Waals surface area contributed by atoms with Gasteiger partial charge in [0.15, 0.2) is 6.29 Å². The van der Waals surface area contributed by atoms with Gasteiger partial charge >= 0.3 is 5.97 Å². The van der Waals surface area contributed by atoms with Gasteiger partial charge in [-0.15, -0.1) is 0 Å². The average Bonchev–Trinajstić information content (AvgIpc) is 3.03. The van der Waals surface area contributed by atoms with Crippen LogP contribution in [0.5, 0.6) is 0 Å². The van der Waals surface area contributed by atoms with E-state index in [0.29, 0.717) is 12.8 Å². The summed E-state index contributed by atoms with van der Waals surface area (Å²) in [6, 6.07) is -0.624. The van der Waals surface area contributed by atoms with Crippen LogP contribution in [0, 0.1) is 23.7 Å². The summed E-state index contributed by atoms with van der Waals surface area (Å²) in [5.41, 5.74) is -3.67. The number of likely N-dealkylation sites (N-methyl/N-ethyl adjacent to an activating group) is 1. The minimum atomic E-state index is -1.91. The molecule has 1 unspecified atom stereocenters. The van der Waals surface area contributed by atoms with Gasteiger partial charge in [0.2, 0.25) is 5.91 Å². The molecule has 12 heteroatoms. The first kappa shape index (κ1) is 42.8. The maximum atomic E-state index is 13.3. The summed E-state index contributed by atoms with van der Waals surface area (Å²) >= 11 is 0. The van der Waals surface area contributed by atoms with E-state index in [9.17, 15) is 40.2 Å². The van der Waals surface area contributed by atoms with Crippen LogP contribution < -0.4 is 0 Å². The lowest BCUT2D eigenvalue weighted by atomic mass is 9.73.